The van der Waals surface area contributed by atoms with E-state index in [1.807, 2.05) is 36.9 Å². The van der Waals surface area contributed by atoms with Crippen molar-refractivity contribution in [1.29, 1.82) is 0 Å². The Hall–Kier alpha value is -1.000. The van der Waals surface area contributed by atoms with Gasteiger partial charge in [0.15, 0.2) is 5.78 Å². The van der Waals surface area contributed by atoms with Crippen LogP contribution in [0.3, 0.4) is 0 Å². The SMILES string of the molecule is CCC1CN(CC(=O)c2ccc(C)cc2OC)CCS1. The average Bonchev–Trinajstić information content (AvgIpc) is 2.47. The molecule has 1 heterocycles. The van der Waals surface area contributed by atoms with Crippen molar-refractivity contribution in [2.75, 3.05) is 32.5 Å². The maximum absolute atomic E-state index is 12.5. The lowest BCUT2D eigenvalue weighted by atomic mass is 10.1. The molecule has 0 aromatic heterocycles. The van der Waals surface area contributed by atoms with E-state index in [1.54, 1.807) is 7.11 Å². The summed E-state index contributed by atoms with van der Waals surface area (Å²) in [6.07, 6.45) is 1.17. The summed E-state index contributed by atoms with van der Waals surface area (Å²) in [6.45, 7) is 6.73. The Kier molecular flexibility index (Phi) is 5.49. The normalized spacial score (nSPS) is 19.9. The lowest BCUT2D eigenvalue weighted by molar-refractivity contribution is 0.0929. The smallest absolute Gasteiger partial charge is 0.180 e. The van der Waals surface area contributed by atoms with Crippen molar-refractivity contribution in [2.24, 2.45) is 0 Å². The Balaban J connectivity index is 2.04. The first-order valence-electron chi connectivity index (χ1n) is 7.15. The van der Waals surface area contributed by atoms with Crippen LogP contribution in [0.4, 0.5) is 0 Å². The molecule has 0 bridgehead atoms. The number of hydrogen-bond donors (Lipinski definition) is 0. The number of Topliss-reactive ketones (excluding diaryl/α,β-unsaturated/α-hetero) is 1. The van der Waals surface area contributed by atoms with Crippen molar-refractivity contribution in [3.8, 4) is 5.75 Å². The zero-order chi connectivity index (χ0) is 14.5. The van der Waals surface area contributed by atoms with Gasteiger partial charge in [0.2, 0.25) is 0 Å². The molecule has 1 aromatic carbocycles. The van der Waals surface area contributed by atoms with E-state index in [0.29, 0.717) is 23.1 Å². The number of hydrogen-bond acceptors (Lipinski definition) is 4. The molecule has 110 valence electrons. The maximum Gasteiger partial charge on any atom is 0.180 e. The van der Waals surface area contributed by atoms with E-state index in [1.165, 1.54) is 6.42 Å². The molecule has 1 fully saturated rings. The van der Waals surface area contributed by atoms with Crippen molar-refractivity contribution in [3.05, 3.63) is 29.3 Å². The van der Waals surface area contributed by atoms with E-state index >= 15 is 0 Å². The quantitative estimate of drug-likeness (QED) is 0.781. The number of ether oxygens (including phenoxy) is 1. The van der Waals surface area contributed by atoms with E-state index in [4.69, 9.17) is 4.74 Å². The second-order valence-corrected chi connectivity index (χ2v) is 6.67. The topological polar surface area (TPSA) is 29.5 Å². The summed E-state index contributed by atoms with van der Waals surface area (Å²) in [5, 5.41) is 0.663. The maximum atomic E-state index is 12.5. The molecule has 2 rings (SSSR count). The third-order valence-corrected chi connectivity index (χ3v) is 5.07. The molecule has 1 saturated heterocycles. The molecule has 0 amide bonds. The largest absolute Gasteiger partial charge is 0.496 e. The highest BCUT2D eigenvalue weighted by atomic mass is 32.2. The second-order valence-electron chi connectivity index (χ2n) is 5.26. The van der Waals surface area contributed by atoms with Crippen LogP contribution in [0.25, 0.3) is 0 Å². The predicted molar refractivity (Wildman–Crippen MR) is 85.0 cm³/mol. The molecular formula is C16H23NO2S. The molecule has 0 radical (unpaired) electrons. The summed E-state index contributed by atoms with van der Waals surface area (Å²) >= 11 is 2.02. The van der Waals surface area contributed by atoms with Gasteiger partial charge in [0.05, 0.1) is 19.2 Å². The van der Waals surface area contributed by atoms with E-state index < -0.39 is 0 Å². The van der Waals surface area contributed by atoms with Crippen LogP contribution in [0, 0.1) is 6.92 Å². The van der Waals surface area contributed by atoms with E-state index in [9.17, 15) is 4.79 Å². The summed E-state index contributed by atoms with van der Waals surface area (Å²) in [5.41, 5.74) is 1.81. The van der Waals surface area contributed by atoms with Gasteiger partial charge in [0.1, 0.15) is 5.75 Å². The molecule has 0 saturated carbocycles. The molecule has 4 heteroatoms. The molecule has 1 aliphatic heterocycles. The van der Waals surface area contributed by atoms with Crippen LogP contribution < -0.4 is 4.74 Å². The lowest BCUT2D eigenvalue weighted by Gasteiger charge is -2.31. The molecule has 0 N–H and O–H groups in total. The highest BCUT2D eigenvalue weighted by Crippen LogP contribution is 2.23. The van der Waals surface area contributed by atoms with Gasteiger partial charge in [-0.1, -0.05) is 13.0 Å². The fourth-order valence-electron chi connectivity index (χ4n) is 2.49. The van der Waals surface area contributed by atoms with Crippen LogP contribution in [0.2, 0.25) is 0 Å². The number of carbonyl (C=O) groups is 1. The molecular weight excluding hydrogens is 270 g/mol. The third kappa shape index (κ3) is 3.76. The van der Waals surface area contributed by atoms with Crippen molar-refractivity contribution < 1.29 is 9.53 Å². The Morgan fingerprint density at radius 1 is 1.50 bits per heavy atom. The predicted octanol–water partition coefficient (Wildman–Crippen LogP) is 3.01. The van der Waals surface area contributed by atoms with E-state index in [0.717, 1.165) is 24.4 Å². The molecule has 20 heavy (non-hydrogen) atoms. The van der Waals surface area contributed by atoms with Crippen LogP contribution >= 0.6 is 11.8 Å². The molecule has 1 unspecified atom stereocenters. The lowest BCUT2D eigenvalue weighted by Crippen LogP contribution is -2.40. The second kappa shape index (κ2) is 7.14. The fraction of sp³-hybridized carbons (Fsp3) is 0.562. The summed E-state index contributed by atoms with van der Waals surface area (Å²) in [4.78, 5) is 14.7. The summed E-state index contributed by atoms with van der Waals surface area (Å²) < 4.78 is 5.34. The van der Waals surface area contributed by atoms with Gasteiger partial charge in [-0.2, -0.15) is 11.8 Å². The Bertz CT molecular complexity index is 476. The number of methoxy groups -OCH3 is 1. The minimum Gasteiger partial charge on any atom is -0.496 e. The minimum atomic E-state index is 0.156. The zero-order valence-electron chi connectivity index (χ0n) is 12.5. The van der Waals surface area contributed by atoms with E-state index in [2.05, 4.69) is 11.8 Å². The first-order valence-corrected chi connectivity index (χ1v) is 8.20. The summed E-state index contributed by atoms with van der Waals surface area (Å²) in [6, 6.07) is 5.78. The number of rotatable bonds is 5. The van der Waals surface area contributed by atoms with Gasteiger partial charge in [0.25, 0.3) is 0 Å². The molecule has 3 nitrogen and oxygen atoms in total. The highest BCUT2D eigenvalue weighted by molar-refractivity contribution is 8.00. The van der Waals surface area contributed by atoms with Crippen LogP contribution in [-0.4, -0.2) is 48.4 Å². The fourth-order valence-corrected chi connectivity index (χ4v) is 3.74. The first kappa shape index (κ1) is 15.4. The van der Waals surface area contributed by atoms with Crippen LogP contribution in [0.1, 0.15) is 29.3 Å². The van der Waals surface area contributed by atoms with Gasteiger partial charge in [-0.15, -0.1) is 0 Å². The highest BCUT2D eigenvalue weighted by Gasteiger charge is 2.22. The van der Waals surface area contributed by atoms with Gasteiger partial charge in [-0.3, -0.25) is 9.69 Å². The number of thioether (sulfide) groups is 1. The first-order chi connectivity index (χ1) is 9.63. The van der Waals surface area contributed by atoms with Gasteiger partial charge in [-0.05, 0) is 31.0 Å². The Morgan fingerprint density at radius 2 is 2.30 bits per heavy atom. The standard InChI is InChI=1S/C16H23NO2S/c1-4-13-10-17(7-8-20-13)11-15(18)14-6-5-12(2)9-16(14)19-3/h5-6,9,13H,4,7-8,10-11H2,1-3H3. The number of ketones is 1. The molecule has 1 aromatic rings. The molecule has 0 aliphatic carbocycles. The summed E-state index contributed by atoms with van der Waals surface area (Å²) in [5.74, 6) is 1.97. The van der Waals surface area contributed by atoms with Gasteiger partial charge in [0, 0.05) is 24.1 Å². The van der Waals surface area contributed by atoms with Crippen molar-refractivity contribution in [2.45, 2.75) is 25.5 Å². The Morgan fingerprint density at radius 3 is 3.00 bits per heavy atom. The van der Waals surface area contributed by atoms with Crippen molar-refractivity contribution in [1.82, 2.24) is 4.90 Å². The Labute approximate surface area is 125 Å². The number of benzene rings is 1. The zero-order valence-corrected chi connectivity index (χ0v) is 13.3. The number of nitrogens with zero attached hydrogens (tertiary/aromatic N) is 1. The molecule has 1 aliphatic rings. The van der Waals surface area contributed by atoms with Gasteiger partial charge >= 0.3 is 0 Å². The molecule has 0 spiro atoms. The third-order valence-electron chi connectivity index (χ3n) is 3.70. The van der Waals surface area contributed by atoms with E-state index in [-0.39, 0.29) is 5.78 Å². The number of carbonyl (C=O) groups excluding carboxylic acids is 1. The van der Waals surface area contributed by atoms with Gasteiger partial charge in [-0.25, -0.2) is 0 Å². The van der Waals surface area contributed by atoms with Crippen molar-refractivity contribution in [3.63, 3.8) is 0 Å². The van der Waals surface area contributed by atoms with Crippen LogP contribution in [-0.2, 0) is 0 Å². The number of aryl methyl sites for hydroxylation is 1. The summed E-state index contributed by atoms with van der Waals surface area (Å²) in [7, 11) is 1.62. The minimum absolute atomic E-state index is 0.156. The van der Waals surface area contributed by atoms with Gasteiger partial charge < -0.3 is 4.74 Å². The monoisotopic (exact) mass is 293 g/mol. The van der Waals surface area contributed by atoms with Crippen LogP contribution in [0.5, 0.6) is 5.75 Å². The average molecular weight is 293 g/mol. The van der Waals surface area contributed by atoms with Crippen LogP contribution in [0.15, 0.2) is 18.2 Å². The molecule has 1 atom stereocenters. The van der Waals surface area contributed by atoms with Crippen molar-refractivity contribution >= 4 is 17.5 Å².